The molecule has 0 saturated carbocycles. The predicted molar refractivity (Wildman–Crippen MR) is 75.6 cm³/mol. The standard InChI is InChI=1S/C15H21N3/c1-10-6-7-13(11(2)9-10)15-12(3)17-14(18-15)5-4-8-16/h6-7,9H,4-5,8,16H2,1-3H3,(H,17,18). The van der Waals surface area contributed by atoms with Crippen molar-refractivity contribution in [2.45, 2.75) is 33.6 Å². The molecule has 0 atom stereocenters. The minimum Gasteiger partial charge on any atom is -0.346 e. The average molecular weight is 243 g/mol. The lowest BCUT2D eigenvalue weighted by molar-refractivity contribution is 0.792. The number of nitrogens with one attached hydrogen (secondary N) is 1. The molecule has 3 heteroatoms. The Morgan fingerprint density at radius 3 is 2.67 bits per heavy atom. The fourth-order valence-electron chi connectivity index (χ4n) is 2.25. The van der Waals surface area contributed by atoms with Crippen LogP contribution in [0.15, 0.2) is 18.2 Å². The van der Waals surface area contributed by atoms with Crippen molar-refractivity contribution < 1.29 is 0 Å². The second-order valence-electron chi connectivity index (χ2n) is 4.87. The molecule has 0 radical (unpaired) electrons. The topological polar surface area (TPSA) is 54.7 Å². The molecule has 2 rings (SSSR count). The highest BCUT2D eigenvalue weighted by molar-refractivity contribution is 5.66. The normalized spacial score (nSPS) is 10.9. The van der Waals surface area contributed by atoms with Crippen molar-refractivity contribution in [1.82, 2.24) is 9.97 Å². The van der Waals surface area contributed by atoms with E-state index in [-0.39, 0.29) is 0 Å². The van der Waals surface area contributed by atoms with Gasteiger partial charge < -0.3 is 10.7 Å². The number of benzene rings is 1. The zero-order valence-electron chi connectivity index (χ0n) is 11.4. The molecule has 0 saturated heterocycles. The van der Waals surface area contributed by atoms with Crippen LogP contribution in [0.4, 0.5) is 0 Å². The summed E-state index contributed by atoms with van der Waals surface area (Å²) < 4.78 is 0. The third-order valence-corrected chi connectivity index (χ3v) is 3.19. The lowest BCUT2D eigenvalue weighted by atomic mass is 10.0. The lowest BCUT2D eigenvalue weighted by Gasteiger charge is -2.04. The van der Waals surface area contributed by atoms with Gasteiger partial charge in [0.1, 0.15) is 5.82 Å². The zero-order valence-corrected chi connectivity index (χ0v) is 11.4. The molecule has 18 heavy (non-hydrogen) atoms. The van der Waals surface area contributed by atoms with Crippen LogP contribution in [0.1, 0.15) is 29.1 Å². The molecular formula is C15H21N3. The smallest absolute Gasteiger partial charge is 0.107 e. The molecule has 1 heterocycles. The van der Waals surface area contributed by atoms with Gasteiger partial charge >= 0.3 is 0 Å². The highest BCUT2D eigenvalue weighted by atomic mass is 14.9. The Kier molecular flexibility index (Phi) is 3.82. The molecule has 0 aliphatic heterocycles. The third kappa shape index (κ3) is 2.62. The molecular weight excluding hydrogens is 222 g/mol. The number of hydrogen-bond donors (Lipinski definition) is 2. The van der Waals surface area contributed by atoms with E-state index in [1.54, 1.807) is 0 Å². The van der Waals surface area contributed by atoms with E-state index in [1.165, 1.54) is 16.7 Å². The van der Waals surface area contributed by atoms with Gasteiger partial charge in [0.25, 0.3) is 0 Å². The van der Waals surface area contributed by atoms with Crippen molar-refractivity contribution in [3.8, 4) is 11.3 Å². The molecule has 96 valence electrons. The Labute approximate surface area is 108 Å². The first-order chi connectivity index (χ1) is 8.61. The van der Waals surface area contributed by atoms with E-state index in [1.807, 2.05) is 0 Å². The monoisotopic (exact) mass is 243 g/mol. The van der Waals surface area contributed by atoms with Crippen LogP contribution in [0.2, 0.25) is 0 Å². The van der Waals surface area contributed by atoms with Crippen LogP contribution in [-0.4, -0.2) is 16.5 Å². The number of rotatable bonds is 4. The number of H-pyrrole nitrogens is 1. The second-order valence-corrected chi connectivity index (χ2v) is 4.87. The SMILES string of the molecule is Cc1ccc(-c2nc(CCCN)[nH]c2C)c(C)c1. The van der Waals surface area contributed by atoms with Crippen LogP contribution in [0, 0.1) is 20.8 Å². The summed E-state index contributed by atoms with van der Waals surface area (Å²) in [5.41, 5.74) is 11.5. The second kappa shape index (κ2) is 5.36. The summed E-state index contributed by atoms with van der Waals surface area (Å²) in [5, 5.41) is 0. The van der Waals surface area contributed by atoms with Crippen molar-refractivity contribution >= 4 is 0 Å². The van der Waals surface area contributed by atoms with Crippen molar-refractivity contribution in [2.24, 2.45) is 5.73 Å². The van der Waals surface area contributed by atoms with Crippen molar-refractivity contribution in [3.05, 3.63) is 40.8 Å². The van der Waals surface area contributed by atoms with Gasteiger partial charge in [0.05, 0.1) is 5.69 Å². The number of aryl methyl sites for hydroxylation is 4. The summed E-state index contributed by atoms with van der Waals surface area (Å²) in [6, 6.07) is 6.49. The molecule has 0 aliphatic carbocycles. The van der Waals surface area contributed by atoms with Gasteiger partial charge in [-0.05, 0) is 39.3 Å². The minimum absolute atomic E-state index is 0.707. The van der Waals surface area contributed by atoms with Crippen LogP contribution in [0.5, 0.6) is 0 Å². The maximum Gasteiger partial charge on any atom is 0.107 e. The predicted octanol–water partition coefficient (Wildman–Crippen LogP) is 2.89. The van der Waals surface area contributed by atoms with Crippen LogP contribution in [0.25, 0.3) is 11.3 Å². The average Bonchev–Trinajstić information content (AvgIpc) is 2.68. The molecule has 0 aliphatic rings. The molecule has 0 fully saturated rings. The van der Waals surface area contributed by atoms with Gasteiger partial charge in [-0.3, -0.25) is 0 Å². The minimum atomic E-state index is 0.707. The van der Waals surface area contributed by atoms with Crippen LogP contribution < -0.4 is 5.73 Å². The fraction of sp³-hybridized carbons (Fsp3) is 0.400. The Balaban J connectivity index is 2.35. The summed E-state index contributed by atoms with van der Waals surface area (Å²) in [5.74, 6) is 1.04. The number of aromatic amines is 1. The van der Waals surface area contributed by atoms with E-state index in [2.05, 4.69) is 44.0 Å². The molecule has 2 aromatic rings. The molecule has 1 aromatic carbocycles. The molecule has 0 spiro atoms. The van der Waals surface area contributed by atoms with E-state index in [4.69, 9.17) is 10.7 Å². The van der Waals surface area contributed by atoms with Crippen molar-refractivity contribution in [1.29, 1.82) is 0 Å². The number of hydrogen-bond acceptors (Lipinski definition) is 2. The van der Waals surface area contributed by atoms with Gasteiger partial charge in [-0.15, -0.1) is 0 Å². The van der Waals surface area contributed by atoms with Crippen LogP contribution >= 0.6 is 0 Å². The number of nitrogens with two attached hydrogens (primary N) is 1. The van der Waals surface area contributed by atoms with Crippen molar-refractivity contribution in [2.75, 3.05) is 6.54 Å². The van der Waals surface area contributed by atoms with Gasteiger partial charge in [0.2, 0.25) is 0 Å². The highest BCUT2D eigenvalue weighted by Crippen LogP contribution is 2.25. The summed E-state index contributed by atoms with van der Waals surface area (Å²) >= 11 is 0. The largest absolute Gasteiger partial charge is 0.346 e. The van der Waals surface area contributed by atoms with Crippen LogP contribution in [-0.2, 0) is 6.42 Å². The molecule has 0 amide bonds. The van der Waals surface area contributed by atoms with Crippen molar-refractivity contribution in [3.63, 3.8) is 0 Å². The summed E-state index contributed by atoms with van der Waals surface area (Å²) in [4.78, 5) is 8.05. The highest BCUT2D eigenvalue weighted by Gasteiger charge is 2.10. The molecule has 0 bridgehead atoms. The Morgan fingerprint density at radius 2 is 2.00 bits per heavy atom. The molecule has 3 nitrogen and oxygen atoms in total. The van der Waals surface area contributed by atoms with E-state index < -0.39 is 0 Å². The van der Waals surface area contributed by atoms with Gasteiger partial charge in [-0.1, -0.05) is 23.8 Å². The molecule has 0 unspecified atom stereocenters. The van der Waals surface area contributed by atoms with Gasteiger partial charge in [0, 0.05) is 17.7 Å². The quantitative estimate of drug-likeness (QED) is 0.867. The maximum atomic E-state index is 5.53. The fourth-order valence-corrected chi connectivity index (χ4v) is 2.25. The van der Waals surface area contributed by atoms with E-state index in [9.17, 15) is 0 Å². The summed E-state index contributed by atoms with van der Waals surface area (Å²) in [6.07, 6.45) is 1.89. The van der Waals surface area contributed by atoms with E-state index >= 15 is 0 Å². The van der Waals surface area contributed by atoms with Gasteiger partial charge in [-0.25, -0.2) is 4.98 Å². The summed E-state index contributed by atoms with van der Waals surface area (Å²) in [6.45, 7) is 7.03. The Bertz CT molecular complexity index is 541. The number of imidazole rings is 1. The van der Waals surface area contributed by atoms with Gasteiger partial charge in [0.15, 0.2) is 0 Å². The first-order valence-electron chi connectivity index (χ1n) is 6.45. The molecule has 3 N–H and O–H groups in total. The van der Waals surface area contributed by atoms with E-state index in [0.29, 0.717) is 6.54 Å². The maximum absolute atomic E-state index is 5.53. The Morgan fingerprint density at radius 1 is 1.22 bits per heavy atom. The Hall–Kier alpha value is -1.61. The van der Waals surface area contributed by atoms with Gasteiger partial charge in [-0.2, -0.15) is 0 Å². The first-order valence-corrected chi connectivity index (χ1v) is 6.45. The third-order valence-electron chi connectivity index (χ3n) is 3.19. The van der Waals surface area contributed by atoms with Crippen LogP contribution in [0.3, 0.4) is 0 Å². The molecule has 1 aromatic heterocycles. The zero-order chi connectivity index (χ0) is 13.1. The summed E-state index contributed by atoms with van der Waals surface area (Å²) in [7, 11) is 0. The number of aromatic nitrogens is 2. The lowest BCUT2D eigenvalue weighted by Crippen LogP contribution is -2.01. The van der Waals surface area contributed by atoms with E-state index in [0.717, 1.165) is 30.1 Å². The number of nitrogens with zero attached hydrogens (tertiary/aromatic N) is 1. The first kappa shape index (κ1) is 12.8.